The van der Waals surface area contributed by atoms with Gasteiger partial charge < -0.3 is 9.47 Å². The first kappa shape index (κ1) is 24.5. The SMILES string of the molecule is CCOC(=O)C(C(=O)OC(C)(C)C)C1=C(C(=O)c2ccc3c(c2Cl)CCS3)C(=O)CCC1. The number of hydrogen-bond donors (Lipinski definition) is 0. The Morgan fingerprint density at radius 1 is 1.12 bits per heavy atom. The molecule has 2 aliphatic rings. The first-order valence-corrected chi connectivity index (χ1v) is 12.1. The van der Waals surface area contributed by atoms with Crippen molar-refractivity contribution in [3.8, 4) is 0 Å². The van der Waals surface area contributed by atoms with E-state index in [1.165, 1.54) is 0 Å². The lowest BCUT2D eigenvalue weighted by Gasteiger charge is -2.27. The second-order valence-corrected chi connectivity index (χ2v) is 10.2. The number of carbonyl (C=O) groups excluding carboxylic acids is 4. The molecule has 1 aliphatic carbocycles. The zero-order valence-electron chi connectivity index (χ0n) is 18.7. The van der Waals surface area contributed by atoms with Crippen LogP contribution in [0.4, 0.5) is 0 Å². The van der Waals surface area contributed by atoms with E-state index in [1.54, 1.807) is 45.5 Å². The highest BCUT2D eigenvalue weighted by atomic mass is 35.5. The van der Waals surface area contributed by atoms with Crippen LogP contribution in [0.5, 0.6) is 0 Å². The van der Waals surface area contributed by atoms with Crippen LogP contribution in [0.3, 0.4) is 0 Å². The number of ketones is 2. The van der Waals surface area contributed by atoms with Crippen LogP contribution in [0.15, 0.2) is 28.2 Å². The molecular weight excluding hydrogens is 452 g/mol. The highest BCUT2D eigenvalue weighted by molar-refractivity contribution is 7.99. The number of carbonyl (C=O) groups is 4. The average Bonchev–Trinajstić information content (AvgIpc) is 3.17. The van der Waals surface area contributed by atoms with Crippen LogP contribution in [0, 0.1) is 5.92 Å². The van der Waals surface area contributed by atoms with Crippen LogP contribution in [0.25, 0.3) is 0 Å². The Labute approximate surface area is 197 Å². The van der Waals surface area contributed by atoms with Gasteiger partial charge in [-0.05, 0) is 70.2 Å². The van der Waals surface area contributed by atoms with Crippen molar-refractivity contribution >= 4 is 46.9 Å². The summed E-state index contributed by atoms with van der Waals surface area (Å²) in [5.74, 6) is -3.22. The Morgan fingerprint density at radius 3 is 2.50 bits per heavy atom. The molecule has 0 amide bonds. The van der Waals surface area contributed by atoms with E-state index < -0.39 is 35.0 Å². The van der Waals surface area contributed by atoms with Gasteiger partial charge in [0.15, 0.2) is 17.5 Å². The maximum Gasteiger partial charge on any atom is 0.325 e. The van der Waals surface area contributed by atoms with Gasteiger partial charge in [-0.1, -0.05) is 11.6 Å². The summed E-state index contributed by atoms with van der Waals surface area (Å²) >= 11 is 8.22. The Balaban J connectivity index is 2.12. The largest absolute Gasteiger partial charge is 0.465 e. The van der Waals surface area contributed by atoms with Crippen molar-refractivity contribution in [2.45, 2.75) is 63.9 Å². The molecule has 0 N–H and O–H groups in total. The molecule has 6 nitrogen and oxygen atoms in total. The zero-order valence-corrected chi connectivity index (χ0v) is 20.3. The van der Waals surface area contributed by atoms with Gasteiger partial charge >= 0.3 is 11.9 Å². The lowest BCUT2D eigenvalue weighted by atomic mass is 9.80. The summed E-state index contributed by atoms with van der Waals surface area (Å²) in [7, 11) is 0. The number of Topliss-reactive ketones (excluding diaryl/α,β-unsaturated/α-hetero) is 2. The number of hydrogen-bond acceptors (Lipinski definition) is 7. The van der Waals surface area contributed by atoms with Crippen LogP contribution in [-0.2, 0) is 30.3 Å². The zero-order chi connectivity index (χ0) is 23.6. The van der Waals surface area contributed by atoms with E-state index in [9.17, 15) is 19.2 Å². The van der Waals surface area contributed by atoms with Gasteiger partial charge in [0.25, 0.3) is 0 Å². The second-order valence-electron chi connectivity index (χ2n) is 8.73. The molecule has 0 bridgehead atoms. The molecule has 0 fully saturated rings. The van der Waals surface area contributed by atoms with E-state index in [1.807, 2.05) is 6.07 Å². The van der Waals surface area contributed by atoms with Gasteiger partial charge in [0.1, 0.15) is 5.60 Å². The standard InChI is InChI=1S/C24H27ClO6S/c1-5-30-22(28)19(23(29)31-24(2,3)4)14-7-6-8-16(26)18(14)21(27)15-9-10-17-13(20(15)25)11-12-32-17/h9-10,19H,5-8,11-12H2,1-4H3. The third-order valence-corrected chi connectivity index (χ3v) is 6.78. The smallest absolute Gasteiger partial charge is 0.325 e. The third-order valence-electron chi connectivity index (χ3n) is 5.24. The van der Waals surface area contributed by atoms with Crippen LogP contribution in [0.2, 0.25) is 5.02 Å². The summed E-state index contributed by atoms with van der Waals surface area (Å²) in [5.41, 5.74) is 0.258. The third kappa shape index (κ3) is 5.09. The minimum absolute atomic E-state index is 0.0525. The predicted molar refractivity (Wildman–Crippen MR) is 122 cm³/mol. The number of allylic oxidation sites excluding steroid dienone is 1. The number of benzene rings is 1. The van der Waals surface area contributed by atoms with Crippen molar-refractivity contribution in [1.82, 2.24) is 0 Å². The van der Waals surface area contributed by atoms with Crippen LogP contribution >= 0.6 is 23.4 Å². The number of rotatable bonds is 6. The number of halogens is 1. The van der Waals surface area contributed by atoms with Crippen molar-refractivity contribution in [3.05, 3.63) is 39.4 Å². The van der Waals surface area contributed by atoms with Crippen molar-refractivity contribution in [1.29, 1.82) is 0 Å². The van der Waals surface area contributed by atoms with Crippen molar-refractivity contribution in [2.24, 2.45) is 5.92 Å². The lowest BCUT2D eigenvalue weighted by Crippen LogP contribution is -2.37. The molecule has 0 saturated carbocycles. The Bertz CT molecular complexity index is 1000. The Kier molecular flexibility index (Phi) is 7.50. The van der Waals surface area contributed by atoms with Gasteiger partial charge in [-0.25, -0.2) is 0 Å². The molecule has 0 aromatic heterocycles. The monoisotopic (exact) mass is 478 g/mol. The van der Waals surface area contributed by atoms with Crippen LogP contribution in [0.1, 0.15) is 62.9 Å². The van der Waals surface area contributed by atoms with Gasteiger partial charge in [-0.2, -0.15) is 0 Å². The van der Waals surface area contributed by atoms with Crippen molar-refractivity contribution in [2.75, 3.05) is 12.4 Å². The fraction of sp³-hybridized carbons (Fsp3) is 0.500. The summed E-state index contributed by atoms with van der Waals surface area (Å²) in [6, 6.07) is 3.44. The first-order chi connectivity index (χ1) is 15.0. The van der Waals surface area contributed by atoms with E-state index in [2.05, 4.69) is 0 Å². The maximum atomic E-state index is 13.6. The van der Waals surface area contributed by atoms with E-state index in [0.717, 1.165) is 22.6 Å². The van der Waals surface area contributed by atoms with E-state index in [-0.39, 0.29) is 36.2 Å². The fourth-order valence-corrected chi connectivity index (χ4v) is 5.41. The average molecular weight is 479 g/mol. The molecule has 0 saturated heterocycles. The number of thioether (sulfide) groups is 1. The van der Waals surface area contributed by atoms with E-state index in [4.69, 9.17) is 21.1 Å². The molecule has 1 atom stereocenters. The molecule has 1 unspecified atom stereocenters. The first-order valence-electron chi connectivity index (χ1n) is 10.7. The van der Waals surface area contributed by atoms with Crippen molar-refractivity contribution < 1.29 is 28.7 Å². The van der Waals surface area contributed by atoms with Gasteiger partial charge in [-0.3, -0.25) is 19.2 Å². The quantitative estimate of drug-likeness (QED) is 0.252. The van der Waals surface area contributed by atoms with Gasteiger partial charge in [0.2, 0.25) is 0 Å². The van der Waals surface area contributed by atoms with Crippen LogP contribution in [-0.4, -0.2) is 41.5 Å². The molecule has 1 aromatic rings. The summed E-state index contributed by atoms with van der Waals surface area (Å²) in [4.78, 5) is 53.3. The minimum Gasteiger partial charge on any atom is -0.465 e. The highest BCUT2D eigenvalue weighted by Gasteiger charge is 2.41. The Morgan fingerprint density at radius 2 is 1.84 bits per heavy atom. The molecule has 8 heteroatoms. The topological polar surface area (TPSA) is 86.7 Å². The van der Waals surface area contributed by atoms with E-state index >= 15 is 0 Å². The van der Waals surface area contributed by atoms with Crippen molar-refractivity contribution in [3.63, 3.8) is 0 Å². The van der Waals surface area contributed by atoms with Gasteiger partial charge in [-0.15, -0.1) is 11.8 Å². The molecule has 0 spiro atoms. The van der Waals surface area contributed by atoms with Crippen LogP contribution < -0.4 is 0 Å². The van der Waals surface area contributed by atoms with Gasteiger partial charge in [0.05, 0.1) is 17.2 Å². The molecule has 0 radical (unpaired) electrons. The molecule has 1 aromatic carbocycles. The minimum atomic E-state index is -1.47. The lowest BCUT2D eigenvalue weighted by molar-refractivity contribution is -0.167. The highest BCUT2D eigenvalue weighted by Crippen LogP contribution is 2.40. The molecule has 1 aliphatic heterocycles. The maximum absolute atomic E-state index is 13.6. The van der Waals surface area contributed by atoms with E-state index in [0.29, 0.717) is 11.4 Å². The second kappa shape index (κ2) is 9.79. The molecule has 172 valence electrons. The summed E-state index contributed by atoms with van der Waals surface area (Å²) in [6.45, 7) is 6.72. The molecule has 3 rings (SSSR count). The summed E-state index contributed by atoms with van der Waals surface area (Å²) in [5, 5.41) is 0.327. The molecular formula is C24H27ClO6S. The summed E-state index contributed by atoms with van der Waals surface area (Å²) < 4.78 is 10.6. The number of esters is 2. The normalized spacial score (nSPS) is 17.1. The fourth-order valence-electron chi connectivity index (χ4n) is 3.94. The predicted octanol–water partition coefficient (Wildman–Crippen LogP) is 4.74. The number of ether oxygens (including phenoxy) is 2. The summed E-state index contributed by atoms with van der Waals surface area (Å²) in [6.07, 6.45) is 1.57. The molecule has 32 heavy (non-hydrogen) atoms. The molecule has 1 heterocycles. The Hall–Kier alpha value is -2.12. The van der Waals surface area contributed by atoms with Gasteiger partial charge in [0, 0.05) is 22.6 Å². The number of fused-ring (bicyclic) bond motifs is 1.